The van der Waals surface area contributed by atoms with Crippen LogP contribution in [0.2, 0.25) is 0 Å². The summed E-state index contributed by atoms with van der Waals surface area (Å²) >= 11 is 0. The molecule has 5 unspecified atom stereocenters. The van der Waals surface area contributed by atoms with Crippen molar-refractivity contribution in [2.24, 2.45) is 0 Å². The summed E-state index contributed by atoms with van der Waals surface area (Å²) in [5.41, 5.74) is 0. The first-order chi connectivity index (χ1) is 10.6. The van der Waals surface area contributed by atoms with E-state index in [0.29, 0.717) is 19.3 Å². The van der Waals surface area contributed by atoms with E-state index >= 15 is 0 Å². The highest BCUT2D eigenvalue weighted by atomic mass is 31.2. The monoisotopic (exact) mass is 358 g/mol. The Balaban J connectivity index is 2.48. The fourth-order valence-corrected chi connectivity index (χ4v) is 2.38. The lowest BCUT2D eigenvalue weighted by molar-refractivity contribution is -0.300. The molecule has 0 aliphatic carbocycles. The first-order valence-electron chi connectivity index (χ1n) is 7.12. The average molecular weight is 358 g/mol. The molecule has 10 nitrogen and oxygen atoms in total. The molecule has 0 spiro atoms. The van der Waals surface area contributed by atoms with Crippen LogP contribution in [-0.2, 0) is 23.4 Å². The summed E-state index contributed by atoms with van der Waals surface area (Å²) in [6.07, 6.45) is -5.77. The van der Waals surface area contributed by atoms with Crippen molar-refractivity contribution in [1.82, 2.24) is 0 Å². The number of carbonyl (C=O) groups is 1. The molecule has 1 rings (SSSR count). The average Bonchev–Trinajstić information content (AvgIpc) is 2.44. The molecule has 11 heteroatoms. The Kier molecular flexibility index (Phi) is 8.22. The third-order valence-electron chi connectivity index (χ3n) is 3.28. The van der Waals surface area contributed by atoms with Crippen LogP contribution in [0, 0.1) is 0 Å². The normalized spacial score (nSPS) is 32.0. The van der Waals surface area contributed by atoms with Crippen molar-refractivity contribution in [2.45, 2.75) is 56.9 Å². The number of aliphatic hydroxyl groups is 3. The topological polar surface area (TPSA) is 163 Å². The number of hydrogen-bond donors (Lipinski definition) is 5. The van der Waals surface area contributed by atoms with Crippen LogP contribution in [0.1, 0.15) is 26.2 Å². The van der Waals surface area contributed by atoms with Crippen LogP contribution >= 0.6 is 7.82 Å². The molecule has 136 valence electrons. The minimum atomic E-state index is -4.76. The molecule has 0 aromatic heterocycles. The molecule has 0 amide bonds. The van der Waals surface area contributed by atoms with Gasteiger partial charge in [-0.25, -0.2) is 4.57 Å². The number of hydrogen-bond acceptors (Lipinski definition) is 8. The highest BCUT2D eigenvalue weighted by Gasteiger charge is 2.44. The quantitative estimate of drug-likeness (QED) is 0.247. The summed E-state index contributed by atoms with van der Waals surface area (Å²) in [5, 5.41) is 29.3. The zero-order valence-corrected chi connectivity index (χ0v) is 13.5. The van der Waals surface area contributed by atoms with Gasteiger partial charge in [-0.3, -0.25) is 4.52 Å². The molecular formula is C12H23O10P. The van der Waals surface area contributed by atoms with Gasteiger partial charge in [-0.1, -0.05) is 0 Å². The van der Waals surface area contributed by atoms with Crippen molar-refractivity contribution >= 4 is 13.6 Å². The van der Waals surface area contributed by atoms with E-state index in [9.17, 15) is 24.7 Å². The van der Waals surface area contributed by atoms with Crippen LogP contribution in [0.5, 0.6) is 0 Å². The molecule has 1 saturated heterocycles. The van der Waals surface area contributed by atoms with E-state index in [2.05, 4.69) is 4.52 Å². The fraction of sp³-hybridized carbons (Fsp3) is 0.917. The van der Waals surface area contributed by atoms with Gasteiger partial charge in [0, 0.05) is 13.0 Å². The largest absolute Gasteiger partial charge is 0.469 e. The maximum Gasteiger partial charge on any atom is 0.469 e. The first kappa shape index (κ1) is 20.6. The maximum absolute atomic E-state index is 10.8. The molecule has 1 heterocycles. The van der Waals surface area contributed by atoms with Gasteiger partial charge in [0.2, 0.25) is 0 Å². The van der Waals surface area contributed by atoms with Crippen LogP contribution in [0.15, 0.2) is 0 Å². The molecule has 0 radical (unpaired) electrons. The summed E-state index contributed by atoms with van der Waals surface area (Å²) in [7, 11) is -4.76. The maximum atomic E-state index is 10.8. The number of unbranched alkanes of at least 4 members (excludes halogenated alkanes) is 1. The second kappa shape index (κ2) is 9.16. The molecule has 1 aliphatic rings. The van der Waals surface area contributed by atoms with Crippen molar-refractivity contribution in [2.75, 3.05) is 13.2 Å². The highest BCUT2D eigenvalue weighted by Crippen LogP contribution is 2.37. The van der Waals surface area contributed by atoms with Gasteiger partial charge in [0.1, 0.15) is 30.2 Å². The van der Waals surface area contributed by atoms with E-state index in [1.54, 1.807) is 0 Å². The van der Waals surface area contributed by atoms with Crippen molar-refractivity contribution < 1.29 is 48.5 Å². The zero-order chi connectivity index (χ0) is 17.6. The SMILES string of the molecule is CC(=O)CCCCOC1OC(COP(=O)(O)O)C(O)C(O)C1O. The fourth-order valence-electron chi connectivity index (χ4n) is 2.04. The number of ether oxygens (including phenoxy) is 2. The van der Waals surface area contributed by atoms with Crippen molar-refractivity contribution in [3.05, 3.63) is 0 Å². The number of carbonyl (C=O) groups excluding carboxylic acids is 1. The Hall–Kier alpha value is -0.420. The third kappa shape index (κ3) is 7.34. The number of phosphoric acid groups is 1. The molecule has 1 fully saturated rings. The van der Waals surface area contributed by atoms with E-state index in [-0.39, 0.29) is 12.4 Å². The molecule has 23 heavy (non-hydrogen) atoms. The molecular weight excluding hydrogens is 335 g/mol. The number of aliphatic hydroxyl groups excluding tert-OH is 3. The first-order valence-corrected chi connectivity index (χ1v) is 8.65. The van der Waals surface area contributed by atoms with Gasteiger partial charge in [0.15, 0.2) is 6.29 Å². The van der Waals surface area contributed by atoms with Gasteiger partial charge in [0.25, 0.3) is 0 Å². The second-order valence-corrected chi connectivity index (χ2v) is 6.57. The lowest BCUT2D eigenvalue weighted by Gasteiger charge is -2.40. The smallest absolute Gasteiger partial charge is 0.387 e. The van der Waals surface area contributed by atoms with Crippen LogP contribution in [0.3, 0.4) is 0 Å². The third-order valence-corrected chi connectivity index (χ3v) is 3.77. The van der Waals surface area contributed by atoms with Crippen molar-refractivity contribution in [3.63, 3.8) is 0 Å². The van der Waals surface area contributed by atoms with E-state index in [4.69, 9.17) is 19.3 Å². The second-order valence-electron chi connectivity index (χ2n) is 5.33. The Morgan fingerprint density at radius 2 is 1.78 bits per heavy atom. The summed E-state index contributed by atoms with van der Waals surface area (Å²) in [5.74, 6) is 0.0483. The van der Waals surface area contributed by atoms with Crippen molar-refractivity contribution in [3.8, 4) is 0 Å². The van der Waals surface area contributed by atoms with Gasteiger partial charge in [-0.05, 0) is 19.8 Å². The summed E-state index contributed by atoms with van der Waals surface area (Å²) in [6, 6.07) is 0. The summed E-state index contributed by atoms with van der Waals surface area (Å²) in [4.78, 5) is 28.1. The number of rotatable bonds is 9. The van der Waals surface area contributed by atoms with E-state index in [0.717, 1.165) is 0 Å². The summed E-state index contributed by atoms with van der Waals surface area (Å²) < 4.78 is 25.3. The van der Waals surface area contributed by atoms with Crippen molar-refractivity contribution in [1.29, 1.82) is 0 Å². The Bertz CT molecular complexity index is 424. The van der Waals surface area contributed by atoms with Gasteiger partial charge in [0.05, 0.1) is 6.61 Å². The van der Waals surface area contributed by atoms with E-state index in [1.165, 1.54) is 6.92 Å². The number of ketones is 1. The highest BCUT2D eigenvalue weighted by molar-refractivity contribution is 7.46. The Morgan fingerprint density at radius 3 is 2.35 bits per heavy atom. The zero-order valence-electron chi connectivity index (χ0n) is 12.6. The Morgan fingerprint density at radius 1 is 1.13 bits per heavy atom. The van der Waals surface area contributed by atoms with Gasteiger partial charge < -0.3 is 39.4 Å². The van der Waals surface area contributed by atoms with Gasteiger partial charge >= 0.3 is 7.82 Å². The standard InChI is InChI=1S/C12H23O10P/c1-7(13)4-2-3-5-20-12-11(16)10(15)9(14)8(22-12)6-21-23(17,18)19/h8-12,14-16H,2-6H2,1H3,(H2,17,18,19). The van der Waals surface area contributed by atoms with E-state index in [1.807, 2.05) is 0 Å². The predicted octanol–water partition coefficient (Wildman–Crippen LogP) is -1.32. The minimum Gasteiger partial charge on any atom is -0.387 e. The molecule has 0 aromatic rings. The van der Waals surface area contributed by atoms with Crippen LogP contribution in [0.4, 0.5) is 0 Å². The molecule has 1 aliphatic heterocycles. The molecule has 5 N–H and O–H groups in total. The predicted molar refractivity (Wildman–Crippen MR) is 75.2 cm³/mol. The lowest BCUT2D eigenvalue weighted by Crippen LogP contribution is -2.59. The van der Waals surface area contributed by atoms with E-state index < -0.39 is 45.1 Å². The molecule has 0 aromatic carbocycles. The number of phosphoric ester groups is 1. The number of Topliss-reactive ketones (excluding diaryl/α,β-unsaturated/α-hetero) is 1. The van der Waals surface area contributed by atoms with Gasteiger partial charge in [-0.2, -0.15) is 0 Å². The van der Waals surface area contributed by atoms with Crippen LogP contribution in [0.25, 0.3) is 0 Å². The summed E-state index contributed by atoms with van der Waals surface area (Å²) in [6.45, 7) is 0.932. The Labute approximate surface area is 133 Å². The van der Waals surface area contributed by atoms with Crippen LogP contribution < -0.4 is 0 Å². The van der Waals surface area contributed by atoms with Crippen LogP contribution in [-0.4, -0.2) is 74.8 Å². The molecule has 5 atom stereocenters. The van der Waals surface area contributed by atoms with Gasteiger partial charge in [-0.15, -0.1) is 0 Å². The molecule has 0 bridgehead atoms. The lowest BCUT2D eigenvalue weighted by atomic mass is 9.99. The molecule has 0 saturated carbocycles. The minimum absolute atomic E-state index is 0.0483.